The first-order valence-electron chi connectivity index (χ1n) is 5.31. The number of Topliss-reactive ketones (excluding diaryl/α,β-unsaturated/α-hetero) is 1. The molecule has 86 valence electrons. The van der Waals surface area contributed by atoms with Gasteiger partial charge in [0, 0.05) is 6.07 Å². The lowest BCUT2D eigenvalue weighted by Crippen LogP contribution is -2.15. The molecule has 0 radical (unpaired) electrons. The molecule has 0 saturated heterocycles. The molecule has 1 aromatic carbocycles. The molecule has 4 heteroatoms. The van der Waals surface area contributed by atoms with E-state index in [1.807, 2.05) is 6.92 Å². The van der Waals surface area contributed by atoms with Crippen LogP contribution >= 0.6 is 0 Å². The number of hydrogen-bond acceptors (Lipinski definition) is 4. The van der Waals surface area contributed by atoms with Crippen molar-refractivity contribution in [1.82, 2.24) is 0 Å². The third kappa shape index (κ3) is 2.17. The second kappa shape index (κ2) is 4.53. The summed E-state index contributed by atoms with van der Waals surface area (Å²) in [5.41, 5.74) is 0.600. The predicted molar refractivity (Wildman–Crippen MR) is 58.1 cm³/mol. The Morgan fingerprint density at radius 1 is 1.56 bits per heavy atom. The van der Waals surface area contributed by atoms with Crippen molar-refractivity contribution in [3.63, 3.8) is 0 Å². The molecular weight excluding hydrogens is 208 g/mol. The molecule has 0 amide bonds. The predicted octanol–water partition coefficient (Wildman–Crippen LogP) is 1.41. The Labute approximate surface area is 93.8 Å². The molecule has 0 fully saturated rings. The second-order valence-corrected chi connectivity index (χ2v) is 3.74. The smallest absolute Gasteiger partial charge is 0.203 e. The summed E-state index contributed by atoms with van der Waals surface area (Å²) in [6, 6.07) is 5.09. The Bertz CT molecular complexity index is 400. The first kappa shape index (κ1) is 11.0. The number of carbonyl (C=O) groups is 1. The molecule has 0 spiro atoms. The summed E-state index contributed by atoms with van der Waals surface area (Å²) < 4.78 is 10.6. The SMILES string of the molecule is CCC(O)COc1ccc2c(c1)OCC2=O. The average molecular weight is 222 g/mol. The molecule has 2 rings (SSSR count). The number of carbonyl (C=O) groups excluding carboxylic acids is 1. The molecule has 0 aliphatic carbocycles. The summed E-state index contributed by atoms with van der Waals surface area (Å²) in [6.45, 7) is 2.25. The fraction of sp³-hybridized carbons (Fsp3) is 0.417. The van der Waals surface area contributed by atoms with E-state index in [2.05, 4.69) is 0 Å². The molecule has 0 aromatic heterocycles. The van der Waals surface area contributed by atoms with Crippen LogP contribution in [0.5, 0.6) is 11.5 Å². The van der Waals surface area contributed by atoms with Gasteiger partial charge < -0.3 is 14.6 Å². The van der Waals surface area contributed by atoms with Crippen LogP contribution in [0.3, 0.4) is 0 Å². The molecular formula is C12H14O4. The number of ether oxygens (including phenoxy) is 2. The molecule has 1 aromatic rings. The van der Waals surface area contributed by atoms with Crippen molar-refractivity contribution in [2.24, 2.45) is 0 Å². The largest absolute Gasteiger partial charge is 0.491 e. The zero-order valence-electron chi connectivity index (χ0n) is 9.10. The van der Waals surface area contributed by atoms with Crippen LogP contribution in [0.4, 0.5) is 0 Å². The minimum absolute atomic E-state index is 0.00450. The summed E-state index contributed by atoms with van der Waals surface area (Å²) in [6.07, 6.45) is 0.190. The standard InChI is InChI=1S/C12H14O4/c1-2-8(13)6-15-9-3-4-10-11(14)7-16-12(10)5-9/h3-5,8,13H,2,6-7H2,1H3. The van der Waals surface area contributed by atoms with Gasteiger partial charge in [-0.05, 0) is 18.6 Å². The van der Waals surface area contributed by atoms with Crippen LogP contribution in [0.2, 0.25) is 0 Å². The van der Waals surface area contributed by atoms with E-state index in [1.165, 1.54) is 0 Å². The lowest BCUT2D eigenvalue weighted by molar-refractivity contribution is 0.0961. The van der Waals surface area contributed by atoms with Gasteiger partial charge in [-0.1, -0.05) is 6.92 Å². The molecule has 1 heterocycles. The van der Waals surface area contributed by atoms with Crippen molar-refractivity contribution in [3.05, 3.63) is 23.8 Å². The van der Waals surface area contributed by atoms with Gasteiger partial charge in [0.25, 0.3) is 0 Å². The molecule has 16 heavy (non-hydrogen) atoms. The van der Waals surface area contributed by atoms with Crippen LogP contribution < -0.4 is 9.47 Å². The highest BCUT2D eigenvalue weighted by molar-refractivity contribution is 6.02. The quantitative estimate of drug-likeness (QED) is 0.836. The van der Waals surface area contributed by atoms with Crippen LogP contribution in [-0.4, -0.2) is 30.2 Å². The highest BCUT2D eigenvalue weighted by atomic mass is 16.5. The Kier molecular flexibility index (Phi) is 3.10. The van der Waals surface area contributed by atoms with E-state index in [4.69, 9.17) is 9.47 Å². The first-order valence-corrected chi connectivity index (χ1v) is 5.31. The summed E-state index contributed by atoms with van der Waals surface area (Å²) in [4.78, 5) is 11.3. The zero-order chi connectivity index (χ0) is 11.5. The lowest BCUT2D eigenvalue weighted by Gasteiger charge is -2.10. The Morgan fingerprint density at radius 3 is 3.12 bits per heavy atom. The number of ketones is 1. The van der Waals surface area contributed by atoms with Crippen LogP contribution in [0.25, 0.3) is 0 Å². The van der Waals surface area contributed by atoms with Gasteiger partial charge in [-0.3, -0.25) is 4.79 Å². The number of aliphatic hydroxyl groups excluding tert-OH is 1. The maximum Gasteiger partial charge on any atom is 0.203 e. The third-order valence-electron chi connectivity index (χ3n) is 2.53. The average Bonchev–Trinajstić information content (AvgIpc) is 2.67. The molecule has 1 unspecified atom stereocenters. The van der Waals surface area contributed by atoms with E-state index in [9.17, 15) is 9.90 Å². The fourth-order valence-electron chi connectivity index (χ4n) is 1.47. The molecule has 0 saturated carbocycles. The molecule has 4 nitrogen and oxygen atoms in total. The Morgan fingerprint density at radius 2 is 2.38 bits per heavy atom. The summed E-state index contributed by atoms with van der Waals surface area (Å²) >= 11 is 0. The van der Waals surface area contributed by atoms with Crippen LogP contribution in [0.15, 0.2) is 18.2 Å². The van der Waals surface area contributed by atoms with Crippen molar-refractivity contribution in [2.45, 2.75) is 19.4 Å². The second-order valence-electron chi connectivity index (χ2n) is 3.74. The van der Waals surface area contributed by atoms with Gasteiger partial charge in [-0.15, -0.1) is 0 Å². The van der Waals surface area contributed by atoms with Crippen molar-refractivity contribution >= 4 is 5.78 Å². The van der Waals surface area contributed by atoms with Crippen LogP contribution in [0, 0.1) is 0 Å². The van der Waals surface area contributed by atoms with Crippen LogP contribution in [0.1, 0.15) is 23.7 Å². The number of fused-ring (bicyclic) bond motifs is 1. The van der Waals surface area contributed by atoms with Gasteiger partial charge in [0.2, 0.25) is 5.78 Å². The maximum absolute atomic E-state index is 11.3. The van der Waals surface area contributed by atoms with Gasteiger partial charge >= 0.3 is 0 Å². The monoisotopic (exact) mass is 222 g/mol. The summed E-state index contributed by atoms with van der Waals surface area (Å²) in [5.74, 6) is 1.17. The highest BCUT2D eigenvalue weighted by Crippen LogP contribution is 2.29. The van der Waals surface area contributed by atoms with Gasteiger partial charge in [-0.2, -0.15) is 0 Å². The topological polar surface area (TPSA) is 55.8 Å². The van der Waals surface area contributed by atoms with E-state index in [0.717, 1.165) is 0 Å². The maximum atomic E-state index is 11.3. The van der Waals surface area contributed by atoms with Gasteiger partial charge in [-0.25, -0.2) is 0 Å². The summed E-state index contributed by atoms with van der Waals surface area (Å²) in [5, 5.41) is 9.34. The lowest BCUT2D eigenvalue weighted by atomic mass is 10.1. The van der Waals surface area contributed by atoms with Crippen molar-refractivity contribution in [3.8, 4) is 11.5 Å². The Hall–Kier alpha value is -1.55. The first-order chi connectivity index (χ1) is 7.70. The van der Waals surface area contributed by atoms with Crippen molar-refractivity contribution in [2.75, 3.05) is 13.2 Å². The minimum atomic E-state index is -0.462. The molecule has 0 bridgehead atoms. The Balaban J connectivity index is 2.05. The molecule has 1 aliphatic rings. The number of benzene rings is 1. The van der Waals surface area contributed by atoms with E-state index in [-0.39, 0.29) is 19.0 Å². The van der Waals surface area contributed by atoms with E-state index >= 15 is 0 Å². The van der Waals surface area contributed by atoms with Crippen LogP contribution in [-0.2, 0) is 0 Å². The van der Waals surface area contributed by atoms with E-state index < -0.39 is 6.10 Å². The van der Waals surface area contributed by atoms with Crippen molar-refractivity contribution in [1.29, 1.82) is 0 Å². The fourth-order valence-corrected chi connectivity index (χ4v) is 1.47. The van der Waals surface area contributed by atoms with Gasteiger partial charge in [0.15, 0.2) is 6.61 Å². The highest BCUT2D eigenvalue weighted by Gasteiger charge is 2.21. The van der Waals surface area contributed by atoms with E-state index in [0.29, 0.717) is 23.5 Å². The van der Waals surface area contributed by atoms with Crippen molar-refractivity contribution < 1.29 is 19.4 Å². The minimum Gasteiger partial charge on any atom is -0.491 e. The summed E-state index contributed by atoms with van der Waals surface area (Å²) in [7, 11) is 0. The number of aliphatic hydroxyl groups is 1. The zero-order valence-corrected chi connectivity index (χ0v) is 9.10. The van der Waals surface area contributed by atoms with E-state index in [1.54, 1.807) is 18.2 Å². The molecule has 1 N–H and O–H groups in total. The normalized spacial score (nSPS) is 15.5. The number of rotatable bonds is 4. The molecule has 1 atom stereocenters. The third-order valence-corrected chi connectivity index (χ3v) is 2.53. The molecule has 1 aliphatic heterocycles. The van der Waals surface area contributed by atoms with Gasteiger partial charge in [0.1, 0.15) is 18.1 Å². The van der Waals surface area contributed by atoms with Gasteiger partial charge in [0.05, 0.1) is 11.7 Å². The number of hydrogen-bond donors (Lipinski definition) is 1.